The average Bonchev–Trinajstić information content (AvgIpc) is 2.85. The summed E-state index contributed by atoms with van der Waals surface area (Å²) >= 11 is 1.56. The summed E-state index contributed by atoms with van der Waals surface area (Å²) in [4.78, 5) is 16.4. The number of aryl methyl sites for hydroxylation is 2. The van der Waals surface area contributed by atoms with Gasteiger partial charge in [0, 0.05) is 18.0 Å². The summed E-state index contributed by atoms with van der Waals surface area (Å²) < 4.78 is 13.2. The van der Waals surface area contributed by atoms with Crippen LogP contribution in [0.4, 0.5) is 4.39 Å². The van der Waals surface area contributed by atoms with Crippen molar-refractivity contribution in [2.45, 2.75) is 33.7 Å². The topological polar surface area (TPSA) is 20.3 Å². The highest BCUT2D eigenvalue weighted by atomic mass is 32.1. The van der Waals surface area contributed by atoms with Crippen LogP contribution >= 0.6 is 11.3 Å². The van der Waals surface area contributed by atoms with Crippen molar-refractivity contribution in [1.29, 1.82) is 0 Å². The van der Waals surface area contributed by atoms with E-state index in [0.717, 1.165) is 16.9 Å². The van der Waals surface area contributed by atoms with Crippen molar-refractivity contribution < 1.29 is 9.18 Å². The van der Waals surface area contributed by atoms with Gasteiger partial charge in [0.2, 0.25) is 0 Å². The highest BCUT2D eigenvalue weighted by Gasteiger charge is 2.18. The second-order valence-electron chi connectivity index (χ2n) is 5.02. The third-order valence-corrected chi connectivity index (χ3v) is 4.85. The first-order valence-corrected chi connectivity index (χ1v) is 7.99. The Balaban J connectivity index is 2.18. The lowest BCUT2D eigenvalue weighted by atomic mass is 10.2. The molecule has 1 aromatic carbocycles. The second kappa shape index (κ2) is 6.85. The van der Waals surface area contributed by atoms with Crippen LogP contribution in [0.1, 0.15) is 39.5 Å². The van der Waals surface area contributed by atoms with E-state index in [4.69, 9.17) is 0 Å². The van der Waals surface area contributed by atoms with Gasteiger partial charge in [0.15, 0.2) is 0 Å². The lowest BCUT2D eigenvalue weighted by Crippen LogP contribution is -2.29. The highest BCUT2D eigenvalue weighted by Crippen LogP contribution is 2.24. The van der Waals surface area contributed by atoms with Gasteiger partial charge in [-0.2, -0.15) is 0 Å². The maximum absolute atomic E-state index is 13.2. The number of carbonyl (C=O) groups excluding carboxylic acids is 1. The lowest BCUT2D eigenvalue weighted by molar-refractivity contribution is 0.0757. The first-order valence-electron chi connectivity index (χ1n) is 7.18. The minimum atomic E-state index is -0.267. The summed E-state index contributed by atoms with van der Waals surface area (Å²) in [5.41, 5.74) is 1.99. The summed E-state index contributed by atoms with van der Waals surface area (Å²) in [6.07, 6.45) is 0.944. The summed E-state index contributed by atoms with van der Waals surface area (Å²) in [5, 5.41) is 0. The third-order valence-electron chi connectivity index (χ3n) is 3.48. The molecule has 2 aromatic rings. The van der Waals surface area contributed by atoms with E-state index in [0.29, 0.717) is 13.1 Å². The van der Waals surface area contributed by atoms with E-state index in [-0.39, 0.29) is 11.7 Å². The average molecular weight is 305 g/mol. The van der Waals surface area contributed by atoms with Crippen LogP contribution in [-0.2, 0) is 13.0 Å². The number of hydrogen-bond acceptors (Lipinski definition) is 2. The Morgan fingerprint density at radius 2 is 2.05 bits per heavy atom. The molecule has 0 fully saturated rings. The molecule has 0 saturated carbocycles. The largest absolute Gasteiger partial charge is 0.334 e. The highest BCUT2D eigenvalue weighted by molar-refractivity contribution is 7.14. The lowest BCUT2D eigenvalue weighted by Gasteiger charge is -2.20. The number of benzene rings is 1. The molecule has 21 heavy (non-hydrogen) atoms. The maximum Gasteiger partial charge on any atom is 0.264 e. The Morgan fingerprint density at radius 3 is 2.62 bits per heavy atom. The Morgan fingerprint density at radius 1 is 1.29 bits per heavy atom. The summed E-state index contributed by atoms with van der Waals surface area (Å²) in [6, 6.07) is 8.37. The summed E-state index contributed by atoms with van der Waals surface area (Å²) in [7, 11) is 0. The first-order chi connectivity index (χ1) is 10.0. The van der Waals surface area contributed by atoms with Crippen LogP contribution in [-0.4, -0.2) is 17.4 Å². The van der Waals surface area contributed by atoms with E-state index in [1.807, 2.05) is 26.0 Å². The number of nitrogens with zero attached hydrogens (tertiary/aromatic N) is 1. The van der Waals surface area contributed by atoms with Crippen molar-refractivity contribution in [1.82, 2.24) is 4.90 Å². The van der Waals surface area contributed by atoms with Crippen LogP contribution in [0.2, 0.25) is 0 Å². The molecular formula is C17H20FNOS. The zero-order valence-corrected chi connectivity index (χ0v) is 13.5. The minimum Gasteiger partial charge on any atom is -0.334 e. The van der Waals surface area contributed by atoms with Gasteiger partial charge in [-0.25, -0.2) is 4.39 Å². The predicted octanol–water partition coefficient (Wildman–Crippen LogP) is 4.42. The van der Waals surface area contributed by atoms with Crippen molar-refractivity contribution in [3.05, 3.63) is 57.0 Å². The number of rotatable bonds is 5. The van der Waals surface area contributed by atoms with Crippen LogP contribution in [0.25, 0.3) is 0 Å². The number of hydrogen-bond donors (Lipinski definition) is 0. The fourth-order valence-corrected chi connectivity index (χ4v) is 3.40. The van der Waals surface area contributed by atoms with Gasteiger partial charge in [-0.1, -0.05) is 19.1 Å². The molecule has 1 amide bonds. The van der Waals surface area contributed by atoms with Crippen LogP contribution in [0.15, 0.2) is 30.3 Å². The van der Waals surface area contributed by atoms with Crippen molar-refractivity contribution in [3.8, 4) is 0 Å². The number of thiophene rings is 1. The quantitative estimate of drug-likeness (QED) is 0.800. The first kappa shape index (κ1) is 15.7. The number of halogens is 1. The van der Waals surface area contributed by atoms with Gasteiger partial charge < -0.3 is 4.90 Å². The molecule has 1 heterocycles. The molecule has 0 saturated heterocycles. The van der Waals surface area contributed by atoms with Gasteiger partial charge in [0.05, 0.1) is 4.88 Å². The van der Waals surface area contributed by atoms with Crippen molar-refractivity contribution >= 4 is 17.2 Å². The molecule has 0 aliphatic heterocycles. The minimum absolute atomic E-state index is 0.0227. The van der Waals surface area contributed by atoms with E-state index >= 15 is 0 Å². The molecule has 0 spiro atoms. The third kappa shape index (κ3) is 3.70. The summed E-state index contributed by atoms with van der Waals surface area (Å²) in [6.45, 7) is 7.12. The molecule has 0 aliphatic rings. The Kier molecular flexibility index (Phi) is 5.12. The van der Waals surface area contributed by atoms with E-state index in [1.165, 1.54) is 22.6 Å². The maximum atomic E-state index is 13.2. The van der Waals surface area contributed by atoms with Crippen LogP contribution in [0.5, 0.6) is 0 Å². The Bertz CT molecular complexity index is 635. The van der Waals surface area contributed by atoms with Gasteiger partial charge >= 0.3 is 0 Å². The second-order valence-corrected chi connectivity index (χ2v) is 6.16. The molecule has 0 aliphatic carbocycles. The van der Waals surface area contributed by atoms with Gasteiger partial charge in [0.25, 0.3) is 5.91 Å². The van der Waals surface area contributed by atoms with Crippen LogP contribution in [0, 0.1) is 12.7 Å². The zero-order chi connectivity index (χ0) is 15.4. The van der Waals surface area contributed by atoms with E-state index < -0.39 is 0 Å². The fourth-order valence-electron chi connectivity index (χ4n) is 2.31. The monoisotopic (exact) mass is 305 g/mol. The van der Waals surface area contributed by atoms with Crippen LogP contribution in [0.3, 0.4) is 0 Å². The van der Waals surface area contributed by atoms with Crippen molar-refractivity contribution in [2.75, 3.05) is 6.54 Å². The van der Waals surface area contributed by atoms with Crippen molar-refractivity contribution in [3.63, 3.8) is 0 Å². The molecule has 4 heteroatoms. The van der Waals surface area contributed by atoms with E-state index in [2.05, 4.69) is 6.92 Å². The van der Waals surface area contributed by atoms with Crippen molar-refractivity contribution in [2.24, 2.45) is 0 Å². The van der Waals surface area contributed by atoms with Gasteiger partial charge in [-0.15, -0.1) is 11.3 Å². The molecule has 0 atom stereocenters. The molecular weight excluding hydrogens is 285 g/mol. The Hall–Kier alpha value is -1.68. The molecule has 0 radical (unpaired) electrons. The molecule has 112 valence electrons. The molecule has 2 rings (SSSR count). The smallest absolute Gasteiger partial charge is 0.264 e. The zero-order valence-electron chi connectivity index (χ0n) is 12.6. The molecule has 0 N–H and O–H groups in total. The van der Waals surface area contributed by atoms with E-state index in [9.17, 15) is 9.18 Å². The number of carbonyl (C=O) groups is 1. The summed E-state index contributed by atoms with van der Waals surface area (Å²) in [5.74, 6) is -0.245. The SMILES string of the molecule is CCc1sc(C(=O)N(CC)Cc2cccc(F)c2)cc1C. The van der Waals surface area contributed by atoms with E-state index in [1.54, 1.807) is 22.3 Å². The van der Waals surface area contributed by atoms with Gasteiger partial charge in [0.1, 0.15) is 5.82 Å². The van der Waals surface area contributed by atoms with Gasteiger partial charge in [-0.3, -0.25) is 4.79 Å². The molecule has 0 unspecified atom stereocenters. The molecule has 0 bridgehead atoms. The fraction of sp³-hybridized carbons (Fsp3) is 0.353. The predicted molar refractivity (Wildman–Crippen MR) is 85.2 cm³/mol. The molecule has 2 nitrogen and oxygen atoms in total. The standard InChI is InChI=1S/C17H20FNOS/c1-4-15-12(3)9-16(21-15)17(20)19(5-2)11-13-7-6-8-14(18)10-13/h6-10H,4-5,11H2,1-3H3. The normalized spacial score (nSPS) is 10.7. The van der Waals surface area contributed by atoms with Gasteiger partial charge in [-0.05, 0) is 49.6 Å². The van der Waals surface area contributed by atoms with Crippen LogP contribution < -0.4 is 0 Å². The molecule has 1 aromatic heterocycles. The Labute approximate surface area is 129 Å². The number of amides is 1.